The molecule has 3 nitrogen and oxygen atoms in total. The number of aromatic nitrogens is 2. The largest absolute Gasteiger partial charge is 0.389 e. The molecule has 0 saturated heterocycles. The standard InChI is InChI=1S/C22H28N2O/c1-21-9-8-16-14-4-5-19-18(12-23-24-19)15(14)2-3-17(16)20(21)13-6-10-22(21,25)11-7-13/h4-5,12-13,16-17,20,25H,2-3,6-11H2,1H3,(H,23,24)/t13?,16-,17-,20+,21+,22?/m1/s1. The minimum atomic E-state index is -0.383. The Labute approximate surface area is 149 Å². The zero-order valence-electron chi connectivity index (χ0n) is 15.1. The molecule has 0 unspecified atom stereocenters. The van der Waals surface area contributed by atoms with Crippen molar-refractivity contribution in [2.45, 2.75) is 69.8 Å². The Kier molecular flexibility index (Phi) is 2.76. The van der Waals surface area contributed by atoms with Gasteiger partial charge >= 0.3 is 0 Å². The summed E-state index contributed by atoms with van der Waals surface area (Å²) in [6.45, 7) is 2.44. The molecular weight excluding hydrogens is 308 g/mol. The fourth-order valence-electron chi connectivity index (χ4n) is 7.82. The number of H-pyrrole nitrogens is 1. The lowest BCUT2D eigenvalue weighted by molar-refractivity contribution is -0.225. The third-order valence-electron chi connectivity index (χ3n) is 9.02. The summed E-state index contributed by atoms with van der Waals surface area (Å²) in [6.07, 6.45) is 11.6. The third-order valence-corrected chi connectivity index (χ3v) is 9.02. The van der Waals surface area contributed by atoms with Crippen molar-refractivity contribution in [2.24, 2.45) is 23.2 Å². The molecule has 3 heteroatoms. The molecule has 4 saturated carbocycles. The number of rotatable bonds is 0. The predicted molar refractivity (Wildman–Crippen MR) is 98.4 cm³/mol. The molecule has 2 bridgehead atoms. The summed E-state index contributed by atoms with van der Waals surface area (Å²) in [7, 11) is 0. The summed E-state index contributed by atoms with van der Waals surface area (Å²) in [5.74, 6) is 3.05. The summed E-state index contributed by atoms with van der Waals surface area (Å²) in [5.41, 5.74) is 4.11. The van der Waals surface area contributed by atoms with E-state index in [0.717, 1.165) is 30.6 Å². The van der Waals surface area contributed by atoms with Crippen LogP contribution in [0.25, 0.3) is 10.9 Å². The van der Waals surface area contributed by atoms with Crippen molar-refractivity contribution in [1.82, 2.24) is 10.2 Å². The van der Waals surface area contributed by atoms with Gasteiger partial charge in [-0.2, -0.15) is 5.10 Å². The van der Waals surface area contributed by atoms with Crippen LogP contribution >= 0.6 is 0 Å². The van der Waals surface area contributed by atoms with E-state index in [0.29, 0.717) is 5.92 Å². The highest BCUT2D eigenvalue weighted by Gasteiger charge is 2.64. The fraction of sp³-hybridized carbons (Fsp3) is 0.682. The molecule has 4 atom stereocenters. The van der Waals surface area contributed by atoms with Crippen LogP contribution in [0.3, 0.4) is 0 Å². The normalized spacial score (nSPS) is 45.0. The number of nitrogens with zero attached hydrogens (tertiary/aromatic N) is 1. The molecule has 5 aliphatic rings. The maximum atomic E-state index is 11.5. The highest BCUT2D eigenvalue weighted by atomic mass is 16.3. The van der Waals surface area contributed by atoms with Gasteiger partial charge in [0.05, 0.1) is 17.3 Å². The van der Waals surface area contributed by atoms with Crippen LogP contribution in [-0.4, -0.2) is 20.9 Å². The Hall–Kier alpha value is -1.35. The lowest BCUT2D eigenvalue weighted by atomic mass is 9.40. The van der Waals surface area contributed by atoms with E-state index >= 15 is 0 Å². The summed E-state index contributed by atoms with van der Waals surface area (Å²) in [6, 6.07) is 4.61. The maximum absolute atomic E-state index is 11.5. The van der Waals surface area contributed by atoms with Gasteiger partial charge in [0.15, 0.2) is 0 Å². The molecule has 0 amide bonds. The summed E-state index contributed by atoms with van der Waals surface area (Å²) in [4.78, 5) is 0. The Balaban J connectivity index is 1.46. The number of hydrogen-bond acceptors (Lipinski definition) is 2. The quantitative estimate of drug-likeness (QED) is 0.741. The van der Waals surface area contributed by atoms with Crippen molar-refractivity contribution in [3.8, 4) is 0 Å². The van der Waals surface area contributed by atoms with Gasteiger partial charge in [0.2, 0.25) is 0 Å². The minimum Gasteiger partial charge on any atom is -0.389 e. The Morgan fingerprint density at radius 1 is 1.12 bits per heavy atom. The second-order valence-corrected chi connectivity index (χ2v) is 9.62. The van der Waals surface area contributed by atoms with E-state index in [4.69, 9.17) is 0 Å². The van der Waals surface area contributed by atoms with E-state index in [1.165, 1.54) is 49.4 Å². The molecule has 1 heterocycles. The molecule has 0 spiro atoms. The molecule has 1 aromatic carbocycles. The van der Waals surface area contributed by atoms with Gasteiger partial charge < -0.3 is 5.11 Å². The van der Waals surface area contributed by atoms with Crippen LogP contribution in [0.5, 0.6) is 0 Å². The topological polar surface area (TPSA) is 48.9 Å². The van der Waals surface area contributed by atoms with Crippen molar-refractivity contribution in [3.05, 3.63) is 29.5 Å². The Bertz CT molecular complexity index is 847. The molecule has 25 heavy (non-hydrogen) atoms. The maximum Gasteiger partial charge on any atom is 0.0704 e. The van der Waals surface area contributed by atoms with Crippen molar-refractivity contribution >= 4 is 10.9 Å². The van der Waals surface area contributed by atoms with Crippen LogP contribution in [0.4, 0.5) is 0 Å². The van der Waals surface area contributed by atoms with Gasteiger partial charge in [-0.25, -0.2) is 0 Å². The van der Waals surface area contributed by atoms with Gasteiger partial charge in [-0.3, -0.25) is 5.10 Å². The lowest BCUT2D eigenvalue weighted by Crippen LogP contribution is -2.64. The second kappa shape index (κ2) is 4.68. The second-order valence-electron chi connectivity index (χ2n) is 9.62. The summed E-state index contributed by atoms with van der Waals surface area (Å²) in [5, 5.41) is 20.2. The first-order valence-corrected chi connectivity index (χ1v) is 10.3. The van der Waals surface area contributed by atoms with Crippen LogP contribution in [-0.2, 0) is 6.42 Å². The number of aryl methyl sites for hydroxylation is 1. The number of hydrogen-bond donors (Lipinski definition) is 2. The first kappa shape index (κ1) is 14.8. The van der Waals surface area contributed by atoms with Crippen LogP contribution < -0.4 is 0 Å². The summed E-state index contributed by atoms with van der Waals surface area (Å²) < 4.78 is 0. The number of aliphatic hydroxyl groups is 1. The van der Waals surface area contributed by atoms with Gasteiger partial charge in [0.25, 0.3) is 0 Å². The number of nitrogens with one attached hydrogen (secondary N) is 1. The van der Waals surface area contributed by atoms with E-state index in [1.807, 2.05) is 6.20 Å². The van der Waals surface area contributed by atoms with Crippen LogP contribution in [0.1, 0.15) is 68.9 Å². The van der Waals surface area contributed by atoms with Gasteiger partial charge in [-0.1, -0.05) is 13.0 Å². The van der Waals surface area contributed by atoms with Crippen LogP contribution in [0, 0.1) is 23.2 Å². The molecule has 1 aromatic heterocycles. The monoisotopic (exact) mass is 336 g/mol. The lowest BCUT2D eigenvalue weighted by Gasteiger charge is -2.66. The molecule has 0 aliphatic heterocycles. The Morgan fingerprint density at radius 2 is 1.96 bits per heavy atom. The predicted octanol–water partition coefficient (Wildman–Crippen LogP) is 4.56. The zero-order valence-corrected chi connectivity index (χ0v) is 15.1. The fourth-order valence-corrected chi connectivity index (χ4v) is 7.82. The third kappa shape index (κ3) is 1.69. The molecule has 5 aliphatic carbocycles. The zero-order chi connectivity index (χ0) is 16.8. The van der Waals surface area contributed by atoms with E-state index in [9.17, 15) is 5.11 Å². The highest BCUT2D eigenvalue weighted by molar-refractivity contribution is 5.83. The van der Waals surface area contributed by atoms with Crippen molar-refractivity contribution in [2.75, 3.05) is 0 Å². The Morgan fingerprint density at radius 3 is 2.80 bits per heavy atom. The van der Waals surface area contributed by atoms with Crippen molar-refractivity contribution in [1.29, 1.82) is 0 Å². The first-order chi connectivity index (χ1) is 12.1. The molecule has 132 valence electrons. The highest BCUT2D eigenvalue weighted by Crippen LogP contribution is 2.68. The molecule has 2 aromatic rings. The van der Waals surface area contributed by atoms with E-state index in [1.54, 1.807) is 11.1 Å². The van der Waals surface area contributed by atoms with E-state index in [-0.39, 0.29) is 11.0 Å². The first-order valence-electron chi connectivity index (χ1n) is 10.3. The molecule has 7 rings (SSSR count). The molecule has 0 radical (unpaired) electrons. The van der Waals surface area contributed by atoms with Crippen molar-refractivity contribution < 1.29 is 5.11 Å². The summed E-state index contributed by atoms with van der Waals surface area (Å²) >= 11 is 0. The number of fused-ring (bicyclic) bond motifs is 7. The number of benzene rings is 1. The molecule has 2 N–H and O–H groups in total. The van der Waals surface area contributed by atoms with Gasteiger partial charge in [-0.15, -0.1) is 0 Å². The average Bonchev–Trinajstić information content (AvgIpc) is 3.10. The van der Waals surface area contributed by atoms with Crippen molar-refractivity contribution in [3.63, 3.8) is 0 Å². The van der Waals surface area contributed by atoms with Gasteiger partial charge in [0, 0.05) is 5.39 Å². The van der Waals surface area contributed by atoms with Crippen LogP contribution in [0.15, 0.2) is 18.3 Å². The average molecular weight is 336 g/mol. The SMILES string of the molecule is C[C@]12CC[C@@H]3c4ccc5[nH]ncc5c4CC[C@H]3[C@@H]1C1CCC2(O)CC1. The molecule has 4 fully saturated rings. The van der Waals surface area contributed by atoms with E-state index in [2.05, 4.69) is 29.3 Å². The number of aromatic amines is 1. The smallest absolute Gasteiger partial charge is 0.0704 e. The van der Waals surface area contributed by atoms with Gasteiger partial charge in [0.1, 0.15) is 0 Å². The van der Waals surface area contributed by atoms with E-state index < -0.39 is 0 Å². The van der Waals surface area contributed by atoms with Crippen LogP contribution in [0.2, 0.25) is 0 Å². The molecular formula is C22H28N2O. The minimum absolute atomic E-state index is 0.159. The van der Waals surface area contributed by atoms with Gasteiger partial charge in [-0.05, 0) is 97.6 Å².